The quantitative estimate of drug-likeness (QED) is 0.534. The maximum absolute atomic E-state index is 5.67. The molecule has 1 aromatic heterocycles. The van der Waals surface area contributed by atoms with E-state index in [1.165, 1.54) is 29.7 Å². The van der Waals surface area contributed by atoms with Crippen LogP contribution in [0.4, 0.5) is 0 Å². The summed E-state index contributed by atoms with van der Waals surface area (Å²) in [5, 5.41) is 8.08. The predicted molar refractivity (Wildman–Crippen MR) is 121 cm³/mol. The maximum atomic E-state index is 5.67. The molecule has 1 aromatic carbocycles. The van der Waals surface area contributed by atoms with E-state index >= 15 is 0 Å². The van der Waals surface area contributed by atoms with Crippen molar-refractivity contribution in [3.63, 3.8) is 0 Å². The number of piperidine rings is 1. The molecule has 1 aliphatic rings. The number of aliphatic imine (C=N–C) groups is 1. The number of likely N-dealkylation sites (tertiary alicyclic amines) is 1. The van der Waals surface area contributed by atoms with Crippen LogP contribution >= 0.6 is 11.3 Å². The van der Waals surface area contributed by atoms with Gasteiger partial charge < -0.3 is 15.4 Å². The Hall–Kier alpha value is -2.12. The van der Waals surface area contributed by atoms with Crippen LogP contribution in [0.1, 0.15) is 46.4 Å². The first kappa shape index (κ1) is 21.6. The van der Waals surface area contributed by atoms with Crippen molar-refractivity contribution in [3.8, 4) is 5.75 Å². The van der Waals surface area contributed by atoms with Crippen molar-refractivity contribution in [3.05, 3.63) is 45.4 Å². The molecule has 0 spiro atoms. The third-order valence-electron chi connectivity index (χ3n) is 5.43. The van der Waals surface area contributed by atoms with Crippen molar-refractivity contribution in [1.29, 1.82) is 0 Å². The van der Waals surface area contributed by atoms with Gasteiger partial charge in [0, 0.05) is 24.0 Å². The Balaban J connectivity index is 1.68. The SMILES string of the molecule is CN=C(NCc1sc(C)nc1C)NCC(c1ccccc1OC)N1CCCCC1. The highest BCUT2D eigenvalue weighted by Gasteiger charge is 2.25. The van der Waals surface area contributed by atoms with Gasteiger partial charge in [-0.25, -0.2) is 4.98 Å². The van der Waals surface area contributed by atoms with Crippen LogP contribution in [0.2, 0.25) is 0 Å². The minimum absolute atomic E-state index is 0.248. The molecule has 0 radical (unpaired) electrons. The smallest absolute Gasteiger partial charge is 0.191 e. The van der Waals surface area contributed by atoms with Crippen molar-refractivity contribution in [2.45, 2.75) is 45.7 Å². The van der Waals surface area contributed by atoms with Gasteiger partial charge >= 0.3 is 0 Å². The van der Waals surface area contributed by atoms with Gasteiger partial charge in [-0.3, -0.25) is 9.89 Å². The van der Waals surface area contributed by atoms with Gasteiger partial charge in [-0.2, -0.15) is 0 Å². The zero-order valence-corrected chi connectivity index (χ0v) is 18.8. The van der Waals surface area contributed by atoms with Gasteiger partial charge in [0.25, 0.3) is 0 Å². The average Bonchev–Trinajstić information content (AvgIpc) is 3.08. The lowest BCUT2D eigenvalue weighted by atomic mass is 10.0. The third kappa shape index (κ3) is 5.70. The van der Waals surface area contributed by atoms with Gasteiger partial charge in [0.2, 0.25) is 0 Å². The molecule has 6 nitrogen and oxygen atoms in total. The largest absolute Gasteiger partial charge is 0.496 e. The number of aryl methyl sites for hydroxylation is 2. The number of hydrogen-bond donors (Lipinski definition) is 2. The van der Waals surface area contributed by atoms with Crippen LogP contribution in [0.5, 0.6) is 5.75 Å². The zero-order chi connectivity index (χ0) is 20.6. The number of methoxy groups -OCH3 is 1. The number of nitrogens with one attached hydrogen (secondary N) is 2. The van der Waals surface area contributed by atoms with Crippen molar-refractivity contribution in [1.82, 2.24) is 20.5 Å². The molecule has 7 heteroatoms. The number of para-hydroxylation sites is 1. The Kier molecular flexibility index (Phi) is 7.89. The molecule has 1 atom stereocenters. The molecule has 2 aromatic rings. The third-order valence-corrected chi connectivity index (χ3v) is 6.50. The van der Waals surface area contributed by atoms with E-state index in [4.69, 9.17) is 4.74 Å². The Morgan fingerprint density at radius 1 is 1.21 bits per heavy atom. The van der Waals surface area contributed by atoms with E-state index in [2.05, 4.69) is 44.6 Å². The zero-order valence-electron chi connectivity index (χ0n) is 18.0. The first-order valence-electron chi connectivity index (χ1n) is 10.4. The Bertz CT molecular complexity index is 813. The molecule has 29 heavy (non-hydrogen) atoms. The van der Waals surface area contributed by atoms with Gasteiger partial charge in [0.05, 0.1) is 30.4 Å². The molecule has 2 heterocycles. The van der Waals surface area contributed by atoms with Crippen molar-refractivity contribution < 1.29 is 4.74 Å². The van der Waals surface area contributed by atoms with Crippen LogP contribution in [0.3, 0.4) is 0 Å². The molecule has 2 N–H and O–H groups in total. The van der Waals surface area contributed by atoms with Crippen LogP contribution in [-0.4, -0.2) is 49.6 Å². The average molecular weight is 416 g/mol. The Morgan fingerprint density at radius 2 is 1.97 bits per heavy atom. The van der Waals surface area contributed by atoms with Crippen molar-refractivity contribution in [2.75, 3.05) is 33.8 Å². The molecule has 0 amide bonds. The highest BCUT2D eigenvalue weighted by atomic mass is 32.1. The number of rotatable bonds is 7. The van der Waals surface area contributed by atoms with Crippen molar-refractivity contribution >= 4 is 17.3 Å². The summed E-state index contributed by atoms with van der Waals surface area (Å²) in [7, 11) is 3.57. The second-order valence-electron chi connectivity index (χ2n) is 7.40. The molecule has 1 saturated heterocycles. The molecular formula is C22H33N5OS. The maximum Gasteiger partial charge on any atom is 0.191 e. The van der Waals surface area contributed by atoms with E-state index < -0.39 is 0 Å². The minimum Gasteiger partial charge on any atom is -0.496 e. The predicted octanol–water partition coefficient (Wildman–Crippen LogP) is 3.66. The molecule has 0 saturated carbocycles. The molecule has 0 aliphatic carbocycles. The highest BCUT2D eigenvalue weighted by molar-refractivity contribution is 7.11. The summed E-state index contributed by atoms with van der Waals surface area (Å²) < 4.78 is 5.67. The number of guanidine groups is 1. The fourth-order valence-corrected chi connectivity index (χ4v) is 4.80. The van der Waals surface area contributed by atoms with Gasteiger partial charge in [0.1, 0.15) is 5.75 Å². The topological polar surface area (TPSA) is 61.8 Å². The van der Waals surface area contributed by atoms with Gasteiger partial charge in [-0.05, 0) is 45.8 Å². The highest BCUT2D eigenvalue weighted by Crippen LogP contribution is 2.30. The van der Waals surface area contributed by atoms with E-state index in [0.29, 0.717) is 0 Å². The van der Waals surface area contributed by atoms with E-state index in [9.17, 15) is 0 Å². The first-order chi connectivity index (χ1) is 14.1. The van der Waals surface area contributed by atoms with E-state index in [0.717, 1.165) is 48.6 Å². The van der Waals surface area contributed by atoms with Gasteiger partial charge in [-0.1, -0.05) is 24.6 Å². The number of ether oxygens (including phenoxy) is 1. The molecule has 3 rings (SSSR count). The van der Waals surface area contributed by atoms with E-state index in [-0.39, 0.29) is 6.04 Å². The number of hydrogen-bond acceptors (Lipinski definition) is 5. The molecule has 1 aliphatic heterocycles. The summed E-state index contributed by atoms with van der Waals surface area (Å²) in [6.07, 6.45) is 3.82. The van der Waals surface area contributed by atoms with E-state index in [1.54, 1.807) is 18.4 Å². The van der Waals surface area contributed by atoms with Crippen LogP contribution in [0, 0.1) is 13.8 Å². The molecule has 0 bridgehead atoms. The lowest BCUT2D eigenvalue weighted by Crippen LogP contribution is -2.44. The summed E-state index contributed by atoms with van der Waals surface area (Å²) in [5.74, 6) is 1.76. The van der Waals surface area contributed by atoms with Crippen LogP contribution in [0.15, 0.2) is 29.3 Å². The summed E-state index contributed by atoms with van der Waals surface area (Å²) in [4.78, 5) is 12.7. The molecular weight excluding hydrogens is 382 g/mol. The second kappa shape index (κ2) is 10.6. The second-order valence-corrected chi connectivity index (χ2v) is 8.69. The monoisotopic (exact) mass is 415 g/mol. The van der Waals surface area contributed by atoms with Crippen LogP contribution in [-0.2, 0) is 6.54 Å². The number of benzene rings is 1. The summed E-state index contributed by atoms with van der Waals surface area (Å²) in [5.41, 5.74) is 2.32. The normalized spacial score (nSPS) is 16.5. The summed E-state index contributed by atoms with van der Waals surface area (Å²) >= 11 is 1.73. The standard InChI is InChI=1S/C22H33N5OS/c1-16-21(29-17(2)26-16)15-25-22(23-3)24-14-19(27-12-8-5-9-13-27)18-10-6-7-11-20(18)28-4/h6-7,10-11,19H,5,8-9,12-15H2,1-4H3,(H2,23,24,25). The van der Waals surface area contributed by atoms with Gasteiger partial charge in [0.15, 0.2) is 5.96 Å². The Labute approximate surface area is 178 Å². The first-order valence-corrected chi connectivity index (χ1v) is 11.2. The fraction of sp³-hybridized carbons (Fsp3) is 0.545. The lowest BCUT2D eigenvalue weighted by Gasteiger charge is -2.35. The Morgan fingerprint density at radius 3 is 2.62 bits per heavy atom. The summed E-state index contributed by atoms with van der Waals surface area (Å²) in [6.45, 7) is 7.86. The van der Waals surface area contributed by atoms with E-state index in [1.807, 2.05) is 26.1 Å². The summed E-state index contributed by atoms with van der Waals surface area (Å²) in [6, 6.07) is 8.60. The molecule has 1 fully saturated rings. The number of aromatic nitrogens is 1. The fourth-order valence-electron chi connectivity index (χ4n) is 3.92. The lowest BCUT2D eigenvalue weighted by molar-refractivity contribution is 0.161. The van der Waals surface area contributed by atoms with Gasteiger partial charge in [-0.15, -0.1) is 11.3 Å². The number of nitrogens with zero attached hydrogens (tertiary/aromatic N) is 3. The number of thiazole rings is 1. The minimum atomic E-state index is 0.248. The van der Waals surface area contributed by atoms with Crippen LogP contribution < -0.4 is 15.4 Å². The molecule has 158 valence electrons. The molecule has 1 unspecified atom stereocenters. The van der Waals surface area contributed by atoms with Crippen molar-refractivity contribution in [2.24, 2.45) is 4.99 Å². The van der Waals surface area contributed by atoms with Crippen LogP contribution in [0.25, 0.3) is 0 Å².